The van der Waals surface area contributed by atoms with E-state index in [-0.39, 0.29) is 16.7 Å². The summed E-state index contributed by atoms with van der Waals surface area (Å²) in [5, 5.41) is 20.7. The van der Waals surface area contributed by atoms with Crippen molar-refractivity contribution in [2.24, 2.45) is 0 Å². The Labute approximate surface area is 178 Å². The van der Waals surface area contributed by atoms with Crippen LogP contribution in [0.15, 0.2) is 12.1 Å². The maximum Gasteiger partial charge on any atom is 0.220 e. The molecule has 160 valence electrons. The summed E-state index contributed by atoms with van der Waals surface area (Å²) in [6, 6.07) is 4.06. The van der Waals surface area contributed by atoms with E-state index in [2.05, 4.69) is 57.1 Å². The Kier molecular flexibility index (Phi) is 6.93. The number of aryl methyl sites for hydroxylation is 1. The van der Waals surface area contributed by atoms with Crippen LogP contribution in [0.4, 0.5) is 0 Å². The predicted octanol–water partition coefficient (Wildman–Crippen LogP) is 4.51. The summed E-state index contributed by atoms with van der Waals surface area (Å²) >= 11 is 5.17. The highest BCUT2D eigenvalue weighted by Gasteiger charge is 2.26. The lowest BCUT2D eigenvalue weighted by Crippen LogP contribution is -2.25. The molecule has 0 saturated carbocycles. The molecular weight excluding hydrogens is 384 g/mol. The number of amides is 1. The normalized spacial score (nSPS) is 12.2. The van der Waals surface area contributed by atoms with Gasteiger partial charge in [-0.2, -0.15) is 5.10 Å². The van der Waals surface area contributed by atoms with Crippen molar-refractivity contribution in [1.29, 1.82) is 0 Å². The Morgan fingerprint density at radius 3 is 2.21 bits per heavy atom. The first-order chi connectivity index (χ1) is 13.3. The Morgan fingerprint density at radius 1 is 1.17 bits per heavy atom. The summed E-state index contributed by atoms with van der Waals surface area (Å²) in [6.07, 6.45) is 0.980. The van der Waals surface area contributed by atoms with Crippen LogP contribution in [0.25, 0.3) is 0 Å². The zero-order chi connectivity index (χ0) is 22.0. The number of carbonyl (C=O) groups is 1. The largest absolute Gasteiger partial charge is 0.507 e. The van der Waals surface area contributed by atoms with E-state index in [1.54, 1.807) is 0 Å². The van der Waals surface area contributed by atoms with Crippen LogP contribution in [0.5, 0.6) is 5.75 Å². The van der Waals surface area contributed by atoms with Crippen molar-refractivity contribution >= 4 is 18.1 Å². The molecule has 29 heavy (non-hydrogen) atoms. The van der Waals surface area contributed by atoms with E-state index in [0.717, 1.165) is 22.5 Å². The summed E-state index contributed by atoms with van der Waals surface area (Å²) < 4.78 is 2.42. The number of rotatable bonds is 6. The number of nitrogens with one attached hydrogen (secondary N) is 2. The number of carbonyl (C=O) groups excluding carboxylic acids is 1. The molecule has 0 aliphatic heterocycles. The van der Waals surface area contributed by atoms with Crippen molar-refractivity contribution in [3.8, 4) is 5.75 Å². The highest BCUT2D eigenvalue weighted by Crippen LogP contribution is 2.39. The first-order valence-electron chi connectivity index (χ1n) is 10.1. The third-order valence-electron chi connectivity index (χ3n) is 5.02. The van der Waals surface area contributed by atoms with E-state index in [1.807, 2.05) is 23.6 Å². The highest BCUT2D eigenvalue weighted by molar-refractivity contribution is 7.71. The van der Waals surface area contributed by atoms with Crippen LogP contribution >= 0.6 is 12.2 Å². The standard InChI is InChI=1S/C22H34N4O2S/c1-8-26-17(24-25-20(26)29)13-23-18(27)10-9-14-11-15(21(2,3)4)19(28)16(12-14)22(5,6)7/h11-12,28H,8-10,13H2,1-7H3,(H,23,27)(H,25,29). The maximum atomic E-state index is 12.4. The number of aromatic nitrogens is 3. The zero-order valence-corrected chi connectivity index (χ0v) is 19.5. The lowest BCUT2D eigenvalue weighted by Gasteiger charge is -2.28. The van der Waals surface area contributed by atoms with Gasteiger partial charge in [-0.1, -0.05) is 53.7 Å². The second kappa shape index (κ2) is 8.69. The predicted molar refractivity (Wildman–Crippen MR) is 119 cm³/mol. The molecular formula is C22H34N4O2S. The van der Waals surface area contributed by atoms with Gasteiger partial charge in [0.2, 0.25) is 5.91 Å². The van der Waals surface area contributed by atoms with Crippen LogP contribution in [0.3, 0.4) is 0 Å². The van der Waals surface area contributed by atoms with E-state index >= 15 is 0 Å². The van der Waals surface area contributed by atoms with E-state index in [9.17, 15) is 9.90 Å². The molecule has 0 spiro atoms. The van der Waals surface area contributed by atoms with Crippen LogP contribution in [0, 0.1) is 4.77 Å². The number of aromatic amines is 1. The minimum atomic E-state index is -0.183. The third kappa shape index (κ3) is 5.69. The summed E-state index contributed by atoms with van der Waals surface area (Å²) in [5.74, 6) is 1.05. The van der Waals surface area contributed by atoms with Crippen molar-refractivity contribution in [2.75, 3.05) is 0 Å². The molecule has 0 radical (unpaired) electrons. The molecule has 0 aliphatic carbocycles. The van der Waals surface area contributed by atoms with E-state index in [4.69, 9.17) is 12.2 Å². The second-order valence-corrected chi connectivity index (χ2v) is 9.89. The average molecular weight is 419 g/mol. The molecule has 0 fully saturated rings. The number of aromatic hydroxyl groups is 1. The van der Waals surface area contributed by atoms with Crippen LogP contribution < -0.4 is 5.32 Å². The number of phenolic OH excluding ortho intramolecular Hbond substituents is 1. The molecule has 0 atom stereocenters. The smallest absolute Gasteiger partial charge is 0.220 e. The molecule has 2 aromatic rings. The van der Waals surface area contributed by atoms with Crippen molar-refractivity contribution in [2.45, 2.75) is 85.2 Å². The highest BCUT2D eigenvalue weighted by atomic mass is 32.1. The van der Waals surface area contributed by atoms with Gasteiger partial charge in [0.05, 0.1) is 6.54 Å². The van der Waals surface area contributed by atoms with Crippen LogP contribution in [-0.4, -0.2) is 25.8 Å². The summed E-state index contributed by atoms with van der Waals surface area (Å²) in [7, 11) is 0. The van der Waals surface area contributed by atoms with Gasteiger partial charge in [-0.15, -0.1) is 0 Å². The van der Waals surface area contributed by atoms with Crippen LogP contribution in [-0.2, 0) is 35.1 Å². The molecule has 0 aliphatic rings. The SMILES string of the molecule is CCn1c(CNC(=O)CCc2cc(C(C)(C)C)c(O)c(C(C)(C)C)c2)n[nH]c1=S. The fourth-order valence-corrected chi connectivity index (χ4v) is 3.60. The van der Waals surface area contributed by atoms with Gasteiger partial charge < -0.3 is 15.0 Å². The molecule has 7 heteroatoms. The number of benzene rings is 1. The van der Waals surface area contributed by atoms with Gasteiger partial charge in [0, 0.05) is 13.0 Å². The summed E-state index contributed by atoms with van der Waals surface area (Å²) in [5.41, 5.74) is 2.53. The minimum absolute atomic E-state index is 0.0377. The van der Waals surface area contributed by atoms with Crippen molar-refractivity contribution in [3.05, 3.63) is 39.4 Å². The maximum absolute atomic E-state index is 12.4. The van der Waals surface area contributed by atoms with E-state index in [1.165, 1.54) is 0 Å². The summed E-state index contributed by atoms with van der Waals surface area (Å²) in [6.45, 7) is 15.6. The van der Waals surface area contributed by atoms with Gasteiger partial charge >= 0.3 is 0 Å². The van der Waals surface area contributed by atoms with Gasteiger partial charge in [0.1, 0.15) is 5.75 Å². The van der Waals surface area contributed by atoms with Gasteiger partial charge in [-0.25, -0.2) is 0 Å². The van der Waals surface area contributed by atoms with Crippen LogP contribution in [0.1, 0.15) is 77.4 Å². The lowest BCUT2D eigenvalue weighted by atomic mass is 9.78. The number of hydrogen-bond acceptors (Lipinski definition) is 4. The average Bonchev–Trinajstić information content (AvgIpc) is 2.96. The molecule has 2 rings (SSSR count). The molecule has 1 aromatic heterocycles. The van der Waals surface area contributed by atoms with Gasteiger partial charge in [0.25, 0.3) is 0 Å². The second-order valence-electron chi connectivity index (χ2n) is 9.51. The fourth-order valence-electron chi connectivity index (χ4n) is 3.32. The molecule has 6 nitrogen and oxygen atoms in total. The van der Waals surface area contributed by atoms with E-state index < -0.39 is 0 Å². The summed E-state index contributed by atoms with van der Waals surface area (Å²) in [4.78, 5) is 12.4. The third-order valence-corrected chi connectivity index (χ3v) is 5.34. The lowest BCUT2D eigenvalue weighted by molar-refractivity contribution is -0.121. The zero-order valence-electron chi connectivity index (χ0n) is 18.6. The Hall–Kier alpha value is -2.15. The number of hydrogen-bond donors (Lipinski definition) is 3. The van der Waals surface area contributed by atoms with Crippen LogP contribution in [0.2, 0.25) is 0 Å². The molecule has 1 heterocycles. The van der Waals surface area contributed by atoms with Crippen molar-refractivity contribution < 1.29 is 9.90 Å². The monoisotopic (exact) mass is 418 g/mol. The number of H-pyrrole nitrogens is 1. The first-order valence-corrected chi connectivity index (χ1v) is 10.5. The van der Waals surface area contributed by atoms with Gasteiger partial charge in [-0.3, -0.25) is 9.89 Å². The minimum Gasteiger partial charge on any atom is -0.507 e. The number of phenols is 1. The van der Waals surface area contributed by atoms with E-state index in [0.29, 0.717) is 36.5 Å². The molecule has 0 saturated heterocycles. The fraction of sp³-hybridized carbons (Fsp3) is 0.591. The van der Waals surface area contributed by atoms with Crippen molar-refractivity contribution in [1.82, 2.24) is 20.1 Å². The number of nitrogens with zero attached hydrogens (tertiary/aromatic N) is 2. The molecule has 1 aromatic carbocycles. The molecule has 1 amide bonds. The first kappa shape index (κ1) is 23.1. The van der Waals surface area contributed by atoms with Gasteiger partial charge in [-0.05, 0) is 53.1 Å². The Morgan fingerprint density at radius 2 is 1.72 bits per heavy atom. The Balaban J connectivity index is 2.13. The molecule has 0 bridgehead atoms. The molecule has 3 N–H and O–H groups in total. The topological polar surface area (TPSA) is 82.9 Å². The van der Waals surface area contributed by atoms with Crippen molar-refractivity contribution in [3.63, 3.8) is 0 Å². The molecule has 0 unspecified atom stereocenters. The van der Waals surface area contributed by atoms with Gasteiger partial charge in [0.15, 0.2) is 10.6 Å². The Bertz CT molecular complexity index is 895. The quantitative estimate of drug-likeness (QED) is 0.603.